The van der Waals surface area contributed by atoms with E-state index in [9.17, 15) is 15.3 Å². The summed E-state index contributed by atoms with van der Waals surface area (Å²) in [7, 11) is 0. The number of aliphatic hydroxyl groups excluding tert-OH is 4. The largest absolute Gasteiger partial charge is 0.394 e. The highest BCUT2D eigenvalue weighted by molar-refractivity contribution is 5.84. The first-order chi connectivity index (χ1) is 10.9. The molecular weight excluding hydrogens is 298 g/mol. The number of hydrogen-bond donors (Lipinski definition) is 5. The minimum Gasteiger partial charge on any atom is -0.394 e. The van der Waals surface area contributed by atoms with E-state index in [1.165, 1.54) is 0 Å². The third-order valence-electron chi connectivity index (χ3n) is 3.51. The Morgan fingerprint density at radius 2 is 1.96 bits per heavy atom. The van der Waals surface area contributed by atoms with Crippen LogP contribution in [0.2, 0.25) is 0 Å². The van der Waals surface area contributed by atoms with Crippen molar-refractivity contribution in [3.63, 3.8) is 0 Å². The summed E-state index contributed by atoms with van der Waals surface area (Å²) in [4.78, 5) is 4.41. The summed E-state index contributed by atoms with van der Waals surface area (Å²) >= 11 is 0. The molecule has 5 N–H and O–H groups in total. The summed E-state index contributed by atoms with van der Waals surface area (Å²) in [5.41, 5.74) is 5.69. The Morgan fingerprint density at radius 3 is 2.65 bits per heavy atom. The van der Waals surface area contributed by atoms with Crippen LogP contribution in [0.4, 0.5) is 5.82 Å². The van der Waals surface area contributed by atoms with E-state index >= 15 is 0 Å². The summed E-state index contributed by atoms with van der Waals surface area (Å²) in [6.07, 6.45) is -3.31. The Labute approximate surface area is 133 Å². The van der Waals surface area contributed by atoms with Gasteiger partial charge in [0.05, 0.1) is 18.3 Å². The number of pyridine rings is 1. The second-order valence-electron chi connectivity index (χ2n) is 5.47. The first kappa shape index (κ1) is 17.3. The number of nitrogens with zero attached hydrogens (tertiary/aromatic N) is 2. The molecule has 0 bridgehead atoms. The highest BCUT2D eigenvalue weighted by Crippen LogP contribution is 2.21. The van der Waals surface area contributed by atoms with Crippen LogP contribution in [0.25, 0.3) is 10.9 Å². The van der Waals surface area contributed by atoms with Gasteiger partial charge in [-0.05, 0) is 37.6 Å². The minimum atomic E-state index is -1.51. The van der Waals surface area contributed by atoms with Crippen LogP contribution < -0.4 is 5.43 Å². The van der Waals surface area contributed by atoms with Gasteiger partial charge in [0.2, 0.25) is 0 Å². The molecule has 0 spiro atoms. The van der Waals surface area contributed by atoms with Crippen LogP contribution in [0.3, 0.4) is 0 Å². The molecule has 1 aromatic carbocycles. The van der Waals surface area contributed by atoms with E-state index in [1.54, 1.807) is 0 Å². The van der Waals surface area contributed by atoms with Gasteiger partial charge in [0.1, 0.15) is 24.1 Å². The van der Waals surface area contributed by atoms with E-state index in [4.69, 9.17) is 5.11 Å². The van der Waals surface area contributed by atoms with Crippen molar-refractivity contribution < 1.29 is 20.4 Å². The van der Waals surface area contributed by atoms with Crippen LogP contribution in [0.1, 0.15) is 11.1 Å². The molecule has 3 atom stereocenters. The van der Waals surface area contributed by atoms with Gasteiger partial charge in [-0.2, -0.15) is 5.10 Å². The van der Waals surface area contributed by atoms with Crippen molar-refractivity contribution in [1.82, 2.24) is 4.98 Å². The SMILES string of the molecule is Cc1ccc2nc(N/N=C/[C@H](O)[C@H](O)[C@H](O)CO)cc(C)c2c1. The zero-order valence-electron chi connectivity index (χ0n) is 13.0. The number of nitrogens with one attached hydrogen (secondary N) is 1. The fourth-order valence-electron chi connectivity index (χ4n) is 2.17. The van der Waals surface area contributed by atoms with E-state index < -0.39 is 24.9 Å². The van der Waals surface area contributed by atoms with Crippen molar-refractivity contribution in [2.45, 2.75) is 32.2 Å². The number of fused-ring (bicyclic) bond motifs is 1. The predicted octanol–water partition coefficient (Wildman–Crippen LogP) is 0.324. The van der Waals surface area contributed by atoms with Crippen LogP contribution >= 0.6 is 0 Å². The summed E-state index contributed by atoms with van der Waals surface area (Å²) in [6, 6.07) is 7.77. The standard InChI is InChI=1S/C16H21N3O4/c1-9-3-4-12-11(5-9)10(2)6-15(18-12)19-17-7-13(21)16(23)14(22)8-20/h3-7,13-14,16,20-23H,8H2,1-2H3,(H,18,19)/b17-7+/t13-,14+,16-/m0/s1. The number of rotatable bonds is 6. The summed E-state index contributed by atoms with van der Waals surface area (Å²) < 4.78 is 0. The second-order valence-corrected chi connectivity index (χ2v) is 5.47. The van der Waals surface area contributed by atoms with Crippen molar-refractivity contribution in [2.24, 2.45) is 5.10 Å². The van der Waals surface area contributed by atoms with Gasteiger partial charge in [0, 0.05) is 5.39 Å². The van der Waals surface area contributed by atoms with Crippen LogP contribution in [0.15, 0.2) is 29.4 Å². The Bertz CT molecular complexity index is 705. The molecule has 7 heteroatoms. The van der Waals surface area contributed by atoms with E-state index in [0.717, 1.165) is 28.2 Å². The van der Waals surface area contributed by atoms with Gasteiger partial charge in [-0.15, -0.1) is 0 Å². The predicted molar refractivity (Wildman–Crippen MR) is 88.4 cm³/mol. The maximum absolute atomic E-state index is 9.62. The molecule has 2 rings (SSSR count). The second kappa shape index (κ2) is 7.47. The van der Waals surface area contributed by atoms with Crippen LogP contribution in [-0.4, -0.2) is 56.5 Å². The molecule has 7 nitrogen and oxygen atoms in total. The molecule has 0 aliphatic rings. The minimum absolute atomic E-state index is 0.500. The normalized spacial score (nSPS) is 15.7. The van der Waals surface area contributed by atoms with Crippen molar-refractivity contribution in [2.75, 3.05) is 12.0 Å². The number of aliphatic hydroxyl groups is 4. The van der Waals surface area contributed by atoms with Crippen LogP contribution in [0, 0.1) is 13.8 Å². The van der Waals surface area contributed by atoms with Gasteiger partial charge in [0.15, 0.2) is 0 Å². The molecular formula is C16H21N3O4. The molecule has 0 aliphatic heterocycles. The van der Waals surface area contributed by atoms with Crippen molar-refractivity contribution in [3.8, 4) is 0 Å². The number of hydrogen-bond acceptors (Lipinski definition) is 7. The van der Waals surface area contributed by atoms with Crippen LogP contribution in [0.5, 0.6) is 0 Å². The summed E-state index contributed by atoms with van der Waals surface area (Å²) in [6.45, 7) is 3.34. The molecule has 0 aliphatic carbocycles. The van der Waals surface area contributed by atoms with E-state index in [1.807, 2.05) is 32.0 Å². The average Bonchev–Trinajstić information content (AvgIpc) is 2.54. The summed E-state index contributed by atoms with van der Waals surface area (Å²) in [5.74, 6) is 0.500. The first-order valence-corrected chi connectivity index (χ1v) is 7.24. The monoisotopic (exact) mass is 319 g/mol. The molecule has 1 heterocycles. The van der Waals surface area contributed by atoms with Gasteiger partial charge in [-0.3, -0.25) is 5.43 Å². The number of hydrazone groups is 1. The zero-order valence-corrected chi connectivity index (χ0v) is 13.0. The summed E-state index contributed by atoms with van der Waals surface area (Å²) in [5, 5.41) is 41.9. The molecule has 0 saturated heterocycles. The Balaban J connectivity index is 2.10. The highest BCUT2D eigenvalue weighted by Gasteiger charge is 2.22. The molecule has 0 radical (unpaired) electrons. The van der Waals surface area contributed by atoms with E-state index in [0.29, 0.717) is 5.82 Å². The van der Waals surface area contributed by atoms with Gasteiger partial charge in [-0.1, -0.05) is 11.6 Å². The lowest BCUT2D eigenvalue weighted by Crippen LogP contribution is -2.40. The molecule has 23 heavy (non-hydrogen) atoms. The third-order valence-corrected chi connectivity index (χ3v) is 3.51. The molecule has 0 saturated carbocycles. The molecule has 124 valence electrons. The first-order valence-electron chi connectivity index (χ1n) is 7.24. The lowest BCUT2D eigenvalue weighted by atomic mass is 10.1. The smallest absolute Gasteiger partial charge is 0.147 e. The lowest BCUT2D eigenvalue weighted by molar-refractivity contribution is -0.0541. The van der Waals surface area contributed by atoms with Crippen molar-refractivity contribution >= 4 is 22.9 Å². The van der Waals surface area contributed by atoms with Gasteiger partial charge in [-0.25, -0.2) is 4.98 Å². The lowest BCUT2D eigenvalue weighted by Gasteiger charge is -2.18. The Morgan fingerprint density at radius 1 is 1.22 bits per heavy atom. The quantitative estimate of drug-likeness (QED) is 0.387. The Kier molecular flexibility index (Phi) is 5.62. The Hall–Kier alpha value is -2.06. The fraction of sp³-hybridized carbons (Fsp3) is 0.375. The number of aryl methyl sites for hydroxylation is 2. The molecule has 2 aromatic rings. The third kappa shape index (κ3) is 4.23. The highest BCUT2D eigenvalue weighted by atomic mass is 16.4. The molecule has 1 aromatic heterocycles. The maximum atomic E-state index is 9.62. The van der Waals surface area contributed by atoms with Gasteiger partial charge >= 0.3 is 0 Å². The van der Waals surface area contributed by atoms with Crippen molar-refractivity contribution in [3.05, 3.63) is 35.4 Å². The molecule has 0 unspecified atom stereocenters. The topological polar surface area (TPSA) is 118 Å². The molecule has 0 amide bonds. The van der Waals surface area contributed by atoms with Crippen molar-refractivity contribution in [1.29, 1.82) is 0 Å². The number of anilines is 1. The number of benzene rings is 1. The fourth-order valence-corrected chi connectivity index (χ4v) is 2.17. The maximum Gasteiger partial charge on any atom is 0.147 e. The van der Waals surface area contributed by atoms with Gasteiger partial charge in [0.25, 0.3) is 0 Å². The molecule has 0 fully saturated rings. The van der Waals surface area contributed by atoms with E-state index in [-0.39, 0.29) is 0 Å². The average molecular weight is 319 g/mol. The van der Waals surface area contributed by atoms with Crippen LogP contribution in [-0.2, 0) is 0 Å². The van der Waals surface area contributed by atoms with Gasteiger partial charge < -0.3 is 20.4 Å². The zero-order chi connectivity index (χ0) is 17.0. The van der Waals surface area contributed by atoms with E-state index in [2.05, 4.69) is 21.6 Å². The number of aromatic nitrogens is 1.